The Bertz CT molecular complexity index is 4030. The number of hydrogen-bond donors (Lipinski definition) is 4. The van der Waals surface area contributed by atoms with Crippen LogP contribution in [0.2, 0.25) is 5.02 Å². The van der Waals surface area contributed by atoms with Crippen molar-refractivity contribution in [3.63, 3.8) is 0 Å². The fourth-order valence-corrected chi connectivity index (χ4v) is 15.0. The number of phenols is 2. The molecule has 510 valence electrons. The van der Waals surface area contributed by atoms with Gasteiger partial charge in [-0.15, -0.1) is 10.2 Å². The molecule has 3 atom stereocenters. The number of amides is 3. The van der Waals surface area contributed by atoms with Crippen molar-refractivity contribution in [3.8, 4) is 40.7 Å². The lowest BCUT2D eigenvalue weighted by atomic mass is 9.90. The second-order valence-electron chi connectivity index (χ2n) is 26.9. The fraction of sp³-hybridized carbons (Fsp3) is 0.452. The van der Waals surface area contributed by atoms with Gasteiger partial charge in [0.05, 0.1) is 41.4 Å². The van der Waals surface area contributed by atoms with Crippen LogP contribution in [0.15, 0.2) is 110 Å². The lowest BCUT2D eigenvalue weighted by Gasteiger charge is -2.42. The first-order chi connectivity index (χ1) is 46.8. The van der Waals surface area contributed by atoms with E-state index in [2.05, 4.69) is 108 Å². The van der Waals surface area contributed by atoms with Crippen LogP contribution in [0.4, 0.5) is 24.7 Å². The summed E-state index contributed by atoms with van der Waals surface area (Å²) >= 11 is 6.84. The van der Waals surface area contributed by atoms with Crippen LogP contribution in [0.25, 0.3) is 27.8 Å². The number of alkyl halides is 3. The molecule has 24 heteroatoms. The zero-order valence-electron chi connectivity index (χ0n) is 55.2. The Labute approximate surface area is 568 Å². The summed E-state index contributed by atoms with van der Waals surface area (Å²) in [4.78, 5) is 63.5. The molecule has 7 heterocycles. The Morgan fingerprint density at radius 2 is 1.57 bits per heavy atom. The highest BCUT2D eigenvalue weighted by molar-refractivity contribution is 6.36. The quantitative estimate of drug-likeness (QED) is 0.0491. The maximum atomic E-state index is 13.6. The Morgan fingerprint density at radius 1 is 0.835 bits per heavy atom. The number of fused-ring (bicyclic) bond motifs is 2. The first kappa shape index (κ1) is 68.1. The topological polar surface area (TPSA) is 225 Å². The average molecular weight is 1350 g/mol. The van der Waals surface area contributed by atoms with Gasteiger partial charge in [-0.05, 0) is 160 Å². The third-order valence-electron chi connectivity index (χ3n) is 20.1. The molecule has 0 saturated carbocycles. The number of piperidine rings is 2. The highest BCUT2D eigenvalue weighted by Crippen LogP contribution is 2.41. The summed E-state index contributed by atoms with van der Waals surface area (Å²) in [6, 6.07) is 33.7. The number of nitrogens with one attached hydrogen (secondary N) is 2. The number of likely N-dealkylation sites (N-methyl/N-ethyl adjacent to an activating group) is 1. The van der Waals surface area contributed by atoms with E-state index in [9.17, 15) is 43.0 Å². The summed E-state index contributed by atoms with van der Waals surface area (Å²) < 4.78 is 47.4. The van der Waals surface area contributed by atoms with Gasteiger partial charge in [0.25, 0.3) is 5.91 Å². The van der Waals surface area contributed by atoms with Crippen LogP contribution < -0.4 is 25.2 Å². The number of nitriles is 1. The summed E-state index contributed by atoms with van der Waals surface area (Å²) in [5, 5.41) is 47.2. The molecule has 0 aliphatic carbocycles. The maximum Gasteiger partial charge on any atom is 0.405 e. The standard InChI is InChI=1S/C73H84ClF3N14O6/c1-5-65(94)90-35-34-89(42-54(90)20-27-78)67-57-26-33-88(62-11-7-9-51-8-6-10-60(74)66(51)62)43-61(57)81-72(82-67)97-44-56-37-55(41-85(56)4)87-31-24-52(25-32-87)70(95)79-28-21-47-12-14-50(15-13-47)40-86-29-22-49(23-30-86)36-48-16-18-53(19-17-48)91-68(59-38-58(46(2)3)63(92)39-64(59)93)83-84-69(91)71(96)80-45-73(75,76)77/h5-19,38-39,46,49,52,54-56,92-93H,1,20-26,28-37,40-45H2,2-4H3,(H,79,95)(H,80,96)/t54-,55-,56-/m0/s1. The second kappa shape index (κ2) is 29.9. The monoisotopic (exact) mass is 1340 g/mol. The van der Waals surface area contributed by atoms with Crippen LogP contribution in [0.1, 0.15) is 102 Å². The molecule has 5 aliphatic heterocycles. The number of aromatic hydroxyl groups is 2. The first-order valence-corrected chi connectivity index (χ1v) is 34.1. The molecule has 7 aromatic rings. The maximum absolute atomic E-state index is 13.6. The number of nitrogens with zero attached hydrogens (tertiary/aromatic N) is 12. The lowest BCUT2D eigenvalue weighted by Crippen LogP contribution is -2.55. The van der Waals surface area contributed by atoms with Gasteiger partial charge in [0, 0.05) is 92.2 Å². The minimum Gasteiger partial charge on any atom is -0.508 e. The smallest absolute Gasteiger partial charge is 0.405 e. The zero-order chi connectivity index (χ0) is 68.1. The number of likely N-dealkylation sites (tertiary alicyclic amines) is 3. The van der Waals surface area contributed by atoms with E-state index in [1.165, 1.54) is 27.8 Å². The number of hydrogen-bond acceptors (Lipinski definition) is 16. The molecule has 20 nitrogen and oxygen atoms in total. The van der Waals surface area contributed by atoms with Gasteiger partial charge in [-0.25, -0.2) is 0 Å². The van der Waals surface area contributed by atoms with E-state index < -0.39 is 18.6 Å². The summed E-state index contributed by atoms with van der Waals surface area (Å²) in [6.07, 6.45) is 3.63. The van der Waals surface area contributed by atoms with E-state index in [0.29, 0.717) is 80.0 Å². The van der Waals surface area contributed by atoms with E-state index >= 15 is 0 Å². The summed E-state index contributed by atoms with van der Waals surface area (Å²) in [5.41, 5.74) is 7.51. The molecule has 0 bridgehead atoms. The summed E-state index contributed by atoms with van der Waals surface area (Å²) in [5.74, 6) is -0.916. The molecule has 5 aliphatic rings. The van der Waals surface area contributed by atoms with Gasteiger partial charge in [-0.2, -0.15) is 28.4 Å². The summed E-state index contributed by atoms with van der Waals surface area (Å²) in [6.45, 7) is 14.8. The SMILES string of the molecule is C=CC(=O)N1CCN(c2nc(OC[C@@H]3C[C@H](N4CCC(C(=O)NCCc5ccc(CN6CCC(Cc7ccc(-n8c(C(=O)NCC(F)(F)F)nnc8-c8cc(C(C)C)c(O)cc8O)cc7)CC6)cc5)CC4)CN3C)nc3c2CCN(c2cccc4cccc(Cl)c24)C3)C[C@@H]1CC#N. The predicted octanol–water partition coefficient (Wildman–Crippen LogP) is 10.0. The van der Waals surface area contributed by atoms with E-state index in [1.54, 1.807) is 23.1 Å². The summed E-state index contributed by atoms with van der Waals surface area (Å²) in [7, 11) is 2.14. The molecule has 0 spiro atoms. The van der Waals surface area contributed by atoms with E-state index in [4.69, 9.17) is 26.3 Å². The van der Waals surface area contributed by atoms with Crippen molar-refractivity contribution in [1.82, 2.24) is 55.0 Å². The van der Waals surface area contributed by atoms with Crippen molar-refractivity contribution in [2.24, 2.45) is 11.8 Å². The largest absolute Gasteiger partial charge is 0.508 e. The van der Waals surface area contributed by atoms with Gasteiger partial charge >= 0.3 is 12.2 Å². The Balaban J connectivity index is 0.589. The predicted molar refractivity (Wildman–Crippen MR) is 366 cm³/mol. The van der Waals surface area contributed by atoms with Crippen LogP contribution in [-0.4, -0.2) is 182 Å². The highest BCUT2D eigenvalue weighted by Gasteiger charge is 2.39. The Morgan fingerprint density at radius 3 is 2.29 bits per heavy atom. The molecular formula is C73H84ClF3N14O6. The molecule has 5 aromatic carbocycles. The molecule has 0 radical (unpaired) electrons. The van der Waals surface area contributed by atoms with Crippen molar-refractivity contribution in [2.75, 3.05) is 95.4 Å². The van der Waals surface area contributed by atoms with Gasteiger partial charge < -0.3 is 40.3 Å². The molecule has 97 heavy (non-hydrogen) atoms. The number of rotatable bonds is 21. The van der Waals surface area contributed by atoms with Crippen molar-refractivity contribution in [2.45, 2.75) is 115 Å². The van der Waals surface area contributed by atoms with Gasteiger partial charge in [-0.1, -0.05) is 92.7 Å². The number of phenolic OH excluding ortho intramolecular Hbond substituents is 2. The molecule has 0 unspecified atom stereocenters. The minimum absolute atomic E-state index is 0.0299. The van der Waals surface area contributed by atoms with Crippen molar-refractivity contribution >= 4 is 51.6 Å². The normalized spacial score (nSPS) is 19.3. The lowest BCUT2D eigenvalue weighted by molar-refractivity contribution is -0.128. The van der Waals surface area contributed by atoms with Crippen LogP contribution >= 0.6 is 11.6 Å². The molecule has 4 N–H and O–H groups in total. The molecular weight excluding hydrogens is 1260 g/mol. The van der Waals surface area contributed by atoms with Gasteiger partial charge in [0.15, 0.2) is 5.82 Å². The first-order valence-electron chi connectivity index (χ1n) is 33.8. The number of halogens is 4. The molecule has 4 saturated heterocycles. The van der Waals surface area contributed by atoms with Gasteiger partial charge in [0.1, 0.15) is 30.5 Å². The van der Waals surface area contributed by atoms with Crippen molar-refractivity contribution in [1.29, 1.82) is 5.26 Å². The third-order valence-corrected chi connectivity index (χ3v) is 20.5. The van der Waals surface area contributed by atoms with Gasteiger partial charge in [0.2, 0.25) is 17.6 Å². The number of ether oxygens (including phenoxy) is 1. The van der Waals surface area contributed by atoms with Crippen molar-refractivity contribution in [3.05, 3.63) is 154 Å². The van der Waals surface area contributed by atoms with Crippen LogP contribution in [-0.2, 0) is 41.9 Å². The molecule has 3 amide bonds. The average Bonchev–Trinajstić information content (AvgIpc) is 0.958. The van der Waals surface area contributed by atoms with Crippen LogP contribution in [0.3, 0.4) is 0 Å². The molecule has 4 fully saturated rings. The number of piperazine rings is 1. The number of carbonyl (C=O) groups is 3. The zero-order valence-corrected chi connectivity index (χ0v) is 55.9. The van der Waals surface area contributed by atoms with Gasteiger partial charge in [-0.3, -0.25) is 33.7 Å². The third kappa shape index (κ3) is 15.8. The Hall–Kier alpha value is -8.82. The molecule has 12 rings (SSSR count). The number of aromatic nitrogens is 5. The van der Waals surface area contributed by atoms with Crippen LogP contribution in [0, 0.1) is 23.2 Å². The number of carbonyl (C=O) groups excluding carboxylic acids is 3. The van der Waals surface area contributed by atoms with E-state index in [0.717, 1.165) is 130 Å². The minimum atomic E-state index is -4.65. The van der Waals surface area contributed by atoms with Crippen molar-refractivity contribution < 1.29 is 42.5 Å². The Kier molecular flexibility index (Phi) is 21.0. The number of benzene rings is 5. The van der Waals surface area contributed by atoms with E-state index in [1.807, 2.05) is 43.4 Å². The van der Waals surface area contributed by atoms with Crippen LogP contribution in [0.5, 0.6) is 17.5 Å². The second-order valence-corrected chi connectivity index (χ2v) is 27.3. The number of anilines is 2. The fourth-order valence-electron chi connectivity index (χ4n) is 14.8. The highest BCUT2D eigenvalue weighted by atomic mass is 35.5. The van der Waals surface area contributed by atoms with E-state index in [-0.39, 0.29) is 70.9 Å². The molecule has 2 aromatic heterocycles.